The van der Waals surface area contributed by atoms with Gasteiger partial charge in [0.05, 0.1) is 12.7 Å². The Morgan fingerprint density at radius 2 is 1.90 bits per heavy atom. The number of carbonyl (C=O) groups is 1. The van der Waals surface area contributed by atoms with E-state index >= 15 is 0 Å². The zero-order chi connectivity index (χ0) is 21.5. The predicted molar refractivity (Wildman–Crippen MR) is 129 cm³/mol. The molecule has 0 aliphatic heterocycles. The highest BCUT2D eigenvalue weighted by Gasteiger charge is 2.76. The normalized spacial score (nSPS) is 27.3. The van der Waals surface area contributed by atoms with Crippen molar-refractivity contribution in [2.24, 2.45) is 5.41 Å². The molecule has 2 aliphatic carbocycles. The number of carbonyl (C=O) groups excluding carboxylic acids is 1. The molecule has 3 nitrogen and oxygen atoms in total. The van der Waals surface area contributed by atoms with Crippen molar-refractivity contribution in [1.82, 2.24) is 0 Å². The van der Waals surface area contributed by atoms with Crippen LogP contribution in [0.3, 0.4) is 0 Å². The topological polar surface area (TPSA) is 35.5 Å². The number of benzene rings is 1. The van der Waals surface area contributed by atoms with Gasteiger partial charge in [-0.25, -0.2) is 0 Å². The first-order chi connectivity index (χ1) is 13.5. The van der Waals surface area contributed by atoms with Crippen molar-refractivity contribution in [1.29, 1.82) is 0 Å². The number of esters is 1. The number of halogens is 1. The molecule has 160 valence electrons. The van der Waals surface area contributed by atoms with Crippen LogP contribution >= 0.6 is 22.6 Å². The average molecular weight is 527 g/mol. The van der Waals surface area contributed by atoms with Gasteiger partial charge >= 0.3 is 5.97 Å². The molecule has 0 radical (unpaired) electrons. The van der Waals surface area contributed by atoms with Crippen LogP contribution in [0.5, 0.6) is 0 Å². The molecule has 1 aromatic carbocycles. The van der Waals surface area contributed by atoms with Crippen LogP contribution in [-0.4, -0.2) is 27.0 Å². The second kappa shape index (κ2) is 8.12. The largest absolute Gasteiger partial charge is 0.468 e. The maximum atomic E-state index is 13.3. The van der Waals surface area contributed by atoms with Crippen LogP contribution in [0.25, 0.3) is 0 Å². The van der Waals surface area contributed by atoms with Crippen molar-refractivity contribution >= 4 is 36.9 Å². The minimum atomic E-state index is -2.09. The maximum absolute atomic E-state index is 13.3. The van der Waals surface area contributed by atoms with Crippen molar-refractivity contribution in [3.63, 3.8) is 0 Å². The van der Waals surface area contributed by atoms with Crippen LogP contribution in [-0.2, 0) is 20.4 Å². The van der Waals surface area contributed by atoms with Crippen LogP contribution in [0.1, 0.15) is 58.4 Å². The third-order valence-electron chi connectivity index (χ3n) is 7.27. The van der Waals surface area contributed by atoms with Crippen molar-refractivity contribution in [2.75, 3.05) is 7.11 Å². The van der Waals surface area contributed by atoms with Gasteiger partial charge in [-0.2, -0.15) is 0 Å². The van der Waals surface area contributed by atoms with Gasteiger partial charge < -0.3 is 9.16 Å². The van der Waals surface area contributed by atoms with Crippen LogP contribution < -0.4 is 0 Å². The molecule has 3 rings (SSSR count). The molecular weight excluding hydrogens is 491 g/mol. The predicted octanol–water partition coefficient (Wildman–Crippen LogP) is 6.66. The molecule has 0 heterocycles. The Bertz CT molecular complexity index is 811. The summed E-state index contributed by atoms with van der Waals surface area (Å²) in [6.07, 6.45) is 8.27. The van der Waals surface area contributed by atoms with Gasteiger partial charge in [0.25, 0.3) is 0 Å². The molecule has 5 heteroatoms. The van der Waals surface area contributed by atoms with E-state index in [4.69, 9.17) is 9.16 Å². The summed E-state index contributed by atoms with van der Waals surface area (Å²) in [7, 11) is -0.572. The molecule has 1 fully saturated rings. The highest BCUT2D eigenvalue weighted by Crippen LogP contribution is 2.68. The molecule has 1 aromatic rings. The highest BCUT2D eigenvalue weighted by molar-refractivity contribution is 14.1. The molecule has 2 atom stereocenters. The van der Waals surface area contributed by atoms with E-state index in [1.807, 2.05) is 6.07 Å². The zero-order valence-electron chi connectivity index (χ0n) is 18.7. The lowest BCUT2D eigenvalue weighted by molar-refractivity contribution is -0.149. The van der Waals surface area contributed by atoms with E-state index in [0.29, 0.717) is 6.42 Å². The summed E-state index contributed by atoms with van der Waals surface area (Å²) in [4.78, 5) is 13.3. The van der Waals surface area contributed by atoms with E-state index in [-0.39, 0.29) is 11.0 Å². The quantitative estimate of drug-likeness (QED) is 0.180. The summed E-state index contributed by atoms with van der Waals surface area (Å²) in [5, 5.41) is 0.0842. The summed E-state index contributed by atoms with van der Waals surface area (Å²) in [5.41, 5.74) is 1.41. The molecule has 2 aliphatic rings. The molecule has 0 N–H and O–H groups in total. The van der Waals surface area contributed by atoms with Crippen LogP contribution in [0.4, 0.5) is 0 Å². The lowest BCUT2D eigenvalue weighted by Crippen LogP contribution is -2.49. The number of hydrogen-bond donors (Lipinski definition) is 0. The Morgan fingerprint density at radius 3 is 2.45 bits per heavy atom. The number of hydrogen-bond acceptors (Lipinski definition) is 3. The number of allylic oxidation sites excluding steroid dienone is 1. The Labute approximate surface area is 190 Å². The highest BCUT2D eigenvalue weighted by atomic mass is 127. The van der Waals surface area contributed by atoms with Crippen LogP contribution in [0, 0.1) is 8.99 Å². The van der Waals surface area contributed by atoms with Gasteiger partial charge in [0.1, 0.15) is 5.41 Å². The smallest absolute Gasteiger partial charge is 0.315 e. The Balaban J connectivity index is 2.08. The SMILES string of the molecule is COC(=O)[C@]1(Cc2ccccc2I)C[C@]1(O[Si](C)(C)C(C)(C)C)C1=CCCCC1. The first kappa shape index (κ1) is 23.0. The lowest BCUT2D eigenvalue weighted by atomic mass is 9.85. The number of methoxy groups -OCH3 is 1. The maximum Gasteiger partial charge on any atom is 0.315 e. The molecular formula is C24H35IO3Si. The van der Waals surface area contributed by atoms with Gasteiger partial charge in [-0.1, -0.05) is 45.0 Å². The Kier molecular flexibility index (Phi) is 6.44. The van der Waals surface area contributed by atoms with E-state index in [2.05, 4.69) is 80.7 Å². The summed E-state index contributed by atoms with van der Waals surface area (Å²) in [5.74, 6) is -0.123. The molecule has 29 heavy (non-hydrogen) atoms. The lowest BCUT2D eigenvalue weighted by Gasteiger charge is -2.42. The molecule has 0 spiro atoms. The Morgan fingerprint density at radius 1 is 1.21 bits per heavy atom. The number of rotatable bonds is 6. The molecule has 0 amide bonds. The zero-order valence-corrected chi connectivity index (χ0v) is 21.9. The average Bonchev–Trinajstić information content (AvgIpc) is 3.31. The molecule has 0 unspecified atom stereocenters. The van der Waals surface area contributed by atoms with Gasteiger partial charge in [-0.05, 0) is 96.5 Å². The minimum Gasteiger partial charge on any atom is -0.468 e. The third-order valence-corrected chi connectivity index (χ3v) is 12.8. The van der Waals surface area contributed by atoms with Gasteiger partial charge in [0.15, 0.2) is 8.32 Å². The molecule has 1 saturated carbocycles. The van der Waals surface area contributed by atoms with E-state index in [1.165, 1.54) is 34.7 Å². The second-order valence-electron chi connectivity index (χ2n) is 10.2. The summed E-state index contributed by atoms with van der Waals surface area (Å²) in [6, 6.07) is 8.35. The van der Waals surface area contributed by atoms with Crippen LogP contribution in [0.2, 0.25) is 18.1 Å². The fourth-order valence-corrected chi connectivity index (χ4v) is 6.63. The third kappa shape index (κ3) is 4.11. The van der Waals surface area contributed by atoms with Gasteiger partial charge in [0.2, 0.25) is 0 Å². The summed E-state index contributed by atoms with van der Waals surface area (Å²) < 4.78 is 13.8. The van der Waals surface area contributed by atoms with E-state index in [1.54, 1.807) is 0 Å². The van der Waals surface area contributed by atoms with Crippen molar-refractivity contribution in [2.45, 2.75) is 83.0 Å². The minimum absolute atomic E-state index is 0.0842. The van der Waals surface area contributed by atoms with Gasteiger partial charge in [-0.3, -0.25) is 4.79 Å². The van der Waals surface area contributed by atoms with Crippen molar-refractivity contribution in [3.05, 3.63) is 45.0 Å². The summed E-state index contributed by atoms with van der Waals surface area (Å²) in [6.45, 7) is 11.4. The molecule has 0 saturated heterocycles. The van der Waals surface area contributed by atoms with Gasteiger partial charge in [0, 0.05) is 3.57 Å². The second-order valence-corrected chi connectivity index (χ2v) is 16.1. The van der Waals surface area contributed by atoms with E-state index in [9.17, 15) is 4.79 Å². The molecule has 0 aromatic heterocycles. The van der Waals surface area contributed by atoms with Crippen LogP contribution in [0.15, 0.2) is 35.9 Å². The van der Waals surface area contributed by atoms with Crippen molar-refractivity contribution in [3.8, 4) is 0 Å². The standard InChI is InChI=1S/C24H35IO3Si/c1-22(2,3)29(5,6)28-24(19-13-8-7-9-14-19)17-23(24,21(26)27-4)16-18-12-10-11-15-20(18)25/h10-13,15H,7-9,14,16-17H2,1-6H3/t23-,24-/m0/s1. The van der Waals surface area contributed by atoms with Gasteiger partial charge in [-0.15, -0.1) is 0 Å². The Hall–Kier alpha value is -0.663. The first-order valence-corrected chi connectivity index (χ1v) is 14.7. The van der Waals surface area contributed by atoms with E-state index < -0.39 is 19.3 Å². The first-order valence-electron chi connectivity index (χ1n) is 10.7. The monoisotopic (exact) mass is 526 g/mol. The fourth-order valence-electron chi connectivity index (χ4n) is 4.47. The number of ether oxygens (including phenoxy) is 1. The fraction of sp³-hybridized carbons (Fsp3) is 0.625. The van der Waals surface area contributed by atoms with E-state index in [0.717, 1.165) is 19.3 Å². The summed E-state index contributed by atoms with van der Waals surface area (Å²) >= 11 is 2.37. The van der Waals surface area contributed by atoms with Crippen molar-refractivity contribution < 1.29 is 14.0 Å². The molecule has 0 bridgehead atoms.